The Morgan fingerprint density at radius 2 is 2.12 bits per heavy atom. The molecule has 3 rings (SSSR count). The number of carbonyl (C=O) groups is 1. The molecule has 2 aromatic rings. The van der Waals surface area contributed by atoms with E-state index >= 15 is 0 Å². The third kappa shape index (κ3) is 4.51. The van der Waals surface area contributed by atoms with Crippen molar-refractivity contribution in [2.24, 2.45) is 11.7 Å². The predicted molar refractivity (Wildman–Crippen MR) is 99.9 cm³/mol. The smallest absolute Gasteiger partial charge is 0.274 e. The molecule has 132 valence electrons. The van der Waals surface area contributed by atoms with E-state index in [-0.39, 0.29) is 11.9 Å². The van der Waals surface area contributed by atoms with Crippen molar-refractivity contribution in [3.63, 3.8) is 0 Å². The molecule has 1 fully saturated rings. The summed E-state index contributed by atoms with van der Waals surface area (Å²) in [7, 11) is 0. The lowest BCUT2D eigenvalue weighted by Crippen LogP contribution is -2.45. The number of aromatic nitrogens is 2. The Morgan fingerprint density at radius 1 is 1.32 bits per heavy atom. The zero-order valence-corrected chi connectivity index (χ0v) is 15.6. The molecule has 0 saturated carbocycles. The van der Waals surface area contributed by atoms with Crippen LogP contribution in [0.4, 0.5) is 0 Å². The minimum absolute atomic E-state index is 0.0767. The van der Waals surface area contributed by atoms with Gasteiger partial charge in [-0.05, 0) is 49.9 Å². The van der Waals surface area contributed by atoms with Crippen molar-refractivity contribution in [3.05, 3.63) is 47.1 Å². The van der Waals surface area contributed by atoms with Crippen molar-refractivity contribution in [2.45, 2.75) is 35.7 Å². The van der Waals surface area contributed by atoms with Crippen LogP contribution in [-0.4, -0.2) is 40.1 Å². The van der Waals surface area contributed by atoms with Crippen LogP contribution in [0.25, 0.3) is 0 Å². The molecule has 1 amide bonds. The van der Waals surface area contributed by atoms with E-state index in [0.717, 1.165) is 24.3 Å². The molecule has 25 heavy (non-hydrogen) atoms. The standard InChI is InChI=1S/C18H21ClN4OS/c1-12(20)13-5-4-10-23(11-13)18(24)15-8-9-17(22-21-15)25-16-7-3-2-6-14(16)19/h2-3,6-9,12-13H,4-5,10-11,20H2,1H3. The van der Waals surface area contributed by atoms with Crippen molar-refractivity contribution >= 4 is 29.3 Å². The first-order chi connectivity index (χ1) is 12.0. The van der Waals surface area contributed by atoms with Gasteiger partial charge in [-0.25, -0.2) is 0 Å². The highest BCUT2D eigenvalue weighted by molar-refractivity contribution is 7.99. The molecule has 1 aliphatic heterocycles. The molecule has 2 atom stereocenters. The van der Waals surface area contributed by atoms with Crippen LogP contribution in [0.2, 0.25) is 5.02 Å². The summed E-state index contributed by atoms with van der Waals surface area (Å²) in [6, 6.07) is 11.2. The highest BCUT2D eigenvalue weighted by atomic mass is 35.5. The van der Waals surface area contributed by atoms with Gasteiger partial charge in [0.2, 0.25) is 0 Å². The fourth-order valence-corrected chi connectivity index (χ4v) is 3.92. The van der Waals surface area contributed by atoms with Gasteiger partial charge in [-0.1, -0.05) is 35.5 Å². The highest BCUT2D eigenvalue weighted by Crippen LogP contribution is 2.31. The second kappa shape index (κ2) is 8.17. The average molecular weight is 377 g/mol. The maximum atomic E-state index is 12.6. The largest absolute Gasteiger partial charge is 0.337 e. The van der Waals surface area contributed by atoms with Crippen LogP contribution in [0.5, 0.6) is 0 Å². The molecular weight excluding hydrogens is 356 g/mol. The lowest BCUT2D eigenvalue weighted by atomic mass is 9.92. The number of hydrogen-bond donors (Lipinski definition) is 1. The molecule has 2 N–H and O–H groups in total. The summed E-state index contributed by atoms with van der Waals surface area (Å²) in [5.74, 6) is 0.271. The van der Waals surface area contributed by atoms with E-state index in [4.69, 9.17) is 17.3 Å². The normalized spacial score (nSPS) is 18.8. The van der Waals surface area contributed by atoms with Crippen LogP contribution in [-0.2, 0) is 0 Å². The van der Waals surface area contributed by atoms with Crippen LogP contribution in [0, 0.1) is 5.92 Å². The number of rotatable bonds is 4. The molecule has 0 radical (unpaired) electrons. The van der Waals surface area contributed by atoms with Gasteiger partial charge in [-0.2, -0.15) is 0 Å². The molecule has 0 bridgehead atoms. The Bertz CT molecular complexity index is 738. The molecular formula is C18H21ClN4OS. The van der Waals surface area contributed by atoms with Crippen LogP contribution in [0.15, 0.2) is 46.3 Å². The van der Waals surface area contributed by atoms with Crippen molar-refractivity contribution in [2.75, 3.05) is 13.1 Å². The van der Waals surface area contributed by atoms with Gasteiger partial charge in [0.05, 0.1) is 5.02 Å². The second-order valence-electron chi connectivity index (χ2n) is 6.30. The van der Waals surface area contributed by atoms with Gasteiger partial charge in [-0.15, -0.1) is 10.2 Å². The third-order valence-corrected chi connectivity index (χ3v) is 5.84. The first-order valence-electron chi connectivity index (χ1n) is 8.35. The summed E-state index contributed by atoms with van der Waals surface area (Å²) in [6.07, 6.45) is 2.05. The Hall–Kier alpha value is -1.63. The maximum Gasteiger partial charge on any atom is 0.274 e. The summed E-state index contributed by atoms with van der Waals surface area (Å²) >= 11 is 7.58. The van der Waals surface area contributed by atoms with Crippen LogP contribution < -0.4 is 5.73 Å². The number of nitrogens with two attached hydrogens (primary N) is 1. The Morgan fingerprint density at radius 3 is 2.80 bits per heavy atom. The number of benzene rings is 1. The van der Waals surface area contributed by atoms with Gasteiger partial charge < -0.3 is 10.6 Å². The molecule has 2 heterocycles. The van der Waals surface area contributed by atoms with E-state index < -0.39 is 0 Å². The summed E-state index contributed by atoms with van der Waals surface area (Å²) in [5, 5.41) is 9.66. The van der Waals surface area contributed by atoms with Gasteiger partial charge in [-0.3, -0.25) is 4.79 Å². The van der Waals surface area contributed by atoms with Crippen LogP contribution in [0.3, 0.4) is 0 Å². The molecule has 2 unspecified atom stereocenters. The SMILES string of the molecule is CC(N)C1CCCN(C(=O)c2ccc(Sc3ccccc3Cl)nn2)C1. The number of hydrogen-bond acceptors (Lipinski definition) is 5. The molecule has 1 aromatic heterocycles. The fourth-order valence-electron chi connectivity index (χ4n) is 2.91. The number of halogens is 1. The van der Waals surface area contributed by atoms with Gasteiger partial charge in [0.1, 0.15) is 5.03 Å². The van der Waals surface area contributed by atoms with Gasteiger partial charge in [0.25, 0.3) is 5.91 Å². The number of amides is 1. The molecule has 0 aliphatic carbocycles. The van der Waals surface area contributed by atoms with Gasteiger partial charge >= 0.3 is 0 Å². The first kappa shape index (κ1) is 18.2. The topological polar surface area (TPSA) is 72.1 Å². The van der Waals surface area contributed by atoms with E-state index in [1.54, 1.807) is 12.1 Å². The number of carbonyl (C=O) groups excluding carboxylic acids is 1. The molecule has 5 nitrogen and oxygen atoms in total. The maximum absolute atomic E-state index is 12.6. The molecule has 1 aromatic carbocycles. The quantitative estimate of drug-likeness (QED) is 0.884. The molecule has 1 aliphatic rings. The Labute approximate surface area is 156 Å². The van der Waals surface area contributed by atoms with E-state index in [1.807, 2.05) is 36.1 Å². The molecule has 0 spiro atoms. The summed E-state index contributed by atoms with van der Waals surface area (Å²) in [4.78, 5) is 15.4. The molecule has 7 heteroatoms. The average Bonchev–Trinajstić information content (AvgIpc) is 2.64. The fraction of sp³-hybridized carbons (Fsp3) is 0.389. The zero-order chi connectivity index (χ0) is 17.8. The predicted octanol–water partition coefficient (Wildman–Crippen LogP) is 3.48. The van der Waals surface area contributed by atoms with Crippen molar-refractivity contribution in [1.82, 2.24) is 15.1 Å². The van der Waals surface area contributed by atoms with Crippen LogP contribution in [0.1, 0.15) is 30.3 Å². The van der Waals surface area contributed by atoms with Crippen molar-refractivity contribution in [1.29, 1.82) is 0 Å². The van der Waals surface area contributed by atoms with Crippen LogP contribution >= 0.6 is 23.4 Å². The van der Waals surface area contributed by atoms with E-state index in [9.17, 15) is 4.79 Å². The van der Waals surface area contributed by atoms with E-state index in [0.29, 0.717) is 28.2 Å². The second-order valence-corrected chi connectivity index (χ2v) is 7.77. The Balaban J connectivity index is 1.67. The number of likely N-dealkylation sites (tertiary alicyclic amines) is 1. The number of nitrogens with zero attached hydrogens (tertiary/aromatic N) is 3. The van der Waals surface area contributed by atoms with E-state index in [1.165, 1.54) is 11.8 Å². The van der Waals surface area contributed by atoms with Gasteiger partial charge in [0.15, 0.2) is 5.69 Å². The van der Waals surface area contributed by atoms with E-state index in [2.05, 4.69) is 10.2 Å². The lowest BCUT2D eigenvalue weighted by molar-refractivity contribution is 0.0653. The third-order valence-electron chi connectivity index (χ3n) is 4.40. The Kier molecular flexibility index (Phi) is 5.93. The van der Waals surface area contributed by atoms with Gasteiger partial charge in [0, 0.05) is 24.0 Å². The summed E-state index contributed by atoms with van der Waals surface area (Å²) in [6.45, 7) is 3.44. The lowest BCUT2D eigenvalue weighted by Gasteiger charge is -2.34. The minimum Gasteiger partial charge on any atom is -0.337 e. The summed E-state index contributed by atoms with van der Waals surface area (Å²) < 4.78 is 0. The van der Waals surface area contributed by atoms with Crippen molar-refractivity contribution < 1.29 is 4.79 Å². The first-order valence-corrected chi connectivity index (χ1v) is 9.55. The molecule has 1 saturated heterocycles. The minimum atomic E-state index is -0.0767. The zero-order valence-electron chi connectivity index (χ0n) is 14.1. The summed E-state index contributed by atoms with van der Waals surface area (Å²) in [5.41, 5.74) is 6.36. The highest BCUT2D eigenvalue weighted by Gasteiger charge is 2.27. The van der Waals surface area contributed by atoms with Crippen molar-refractivity contribution in [3.8, 4) is 0 Å². The number of piperidine rings is 1. The monoisotopic (exact) mass is 376 g/mol.